The maximum absolute atomic E-state index is 10.00. The van der Waals surface area contributed by atoms with Gasteiger partial charge in [-0.3, -0.25) is 4.55 Å². The zero-order chi connectivity index (χ0) is 13.2. The van der Waals surface area contributed by atoms with Gasteiger partial charge in [0.05, 0.1) is 34.8 Å². The van der Waals surface area contributed by atoms with Gasteiger partial charge < -0.3 is 4.48 Å². The van der Waals surface area contributed by atoms with E-state index in [0.29, 0.717) is 6.42 Å². The molecular weight excluding hydrogens is 230 g/mol. The molecule has 16 heavy (non-hydrogen) atoms. The summed E-state index contributed by atoms with van der Waals surface area (Å²) in [4.78, 5) is 0. The molecule has 0 aromatic rings. The molecule has 0 heterocycles. The minimum absolute atomic E-state index is 0.0822. The first-order valence-electron chi connectivity index (χ1n) is 5.47. The lowest BCUT2D eigenvalue weighted by Gasteiger charge is -2.14. The zero-order valence-electron chi connectivity index (χ0n) is 11.1. The summed E-state index contributed by atoms with van der Waals surface area (Å²) < 4.78 is 33.2. The van der Waals surface area contributed by atoms with Crippen LogP contribution in [0.5, 0.6) is 0 Å². The third kappa shape index (κ3) is 37.1. The van der Waals surface area contributed by atoms with Gasteiger partial charge in [0.15, 0.2) is 0 Å². The summed E-state index contributed by atoms with van der Waals surface area (Å²) in [6.45, 7) is 2.14. The predicted octanol–water partition coefficient (Wildman–Crippen LogP) is 1.71. The lowest BCUT2D eigenvalue weighted by atomic mass is 10.2. The Hall–Kier alpha value is -0.170. The van der Waals surface area contributed by atoms with Gasteiger partial charge in [-0.25, -0.2) is 4.18 Å². The van der Waals surface area contributed by atoms with Gasteiger partial charge in [0.25, 0.3) is 0 Å². The first-order valence-corrected chi connectivity index (χ1v) is 6.83. The van der Waals surface area contributed by atoms with Gasteiger partial charge in [-0.2, -0.15) is 8.42 Å². The van der Waals surface area contributed by atoms with E-state index in [4.69, 9.17) is 4.55 Å². The van der Waals surface area contributed by atoms with Crippen LogP contribution < -0.4 is 0 Å². The van der Waals surface area contributed by atoms with E-state index in [2.05, 4.69) is 39.3 Å². The van der Waals surface area contributed by atoms with Crippen LogP contribution in [0.2, 0.25) is 0 Å². The van der Waals surface area contributed by atoms with Crippen molar-refractivity contribution in [3.8, 4) is 0 Å². The van der Waals surface area contributed by atoms with Crippen LogP contribution in [0.15, 0.2) is 0 Å². The molecule has 0 spiro atoms. The second-order valence-electron chi connectivity index (χ2n) is 4.99. The maximum atomic E-state index is 10.00. The van der Waals surface area contributed by atoms with E-state index in [-0.39, 0.29) is 6.61 Å². The molecule has 0 aromatic heterocycles. The van der Waals surface area contributed by atoms with Gasteiger partial charge in [-0.05, 0) is 6.42 Å². The highest BCUT2D eigenvalue weighted by molar-refractivity contribution is 7.80. The highest BCUT2D eigenvalue weighted by Gasteiger charge is 2.01. The molecule has 100 valence electrons. The average Bonchev–Trinajstić information content (AvgIpc) is 1.98. The van der Waals surface area contributed by atoms with Crippen molar-refractivity contribution in [2.75, 3.05) is 34.8 Å². The number of hydrogen-bond acceptors (Lipinski definition) is 3. The summed E-state index contributed by atoms with van der Waals surface area (Å²) in [6.07, 6.45) is 3.76. The molecule has 0 fully saturated rings. The summed E-state index contributed by atoms with van der Waals surface area (Å²) in [7, 11) is 4.29. The van der Waals surface area contributed by atoms with E-state index in [1.54, 1.807) is 0 Å². The fraction of sp³-hybridized carbons (Fsp3) is 1.00. The maximum Gasteiger partial charge on any atom is 0.397 e. The van der Waals surface area contributed by atoms with Crippen molar-refractivity contribution in [2.24, 2.45) is 0 Å². The summed E-state index contributed by atoms with van der Waals surface area (Å²) in [5.41, 5.74) is 0. The van der Waals surface area contributed by atoms with Crippen molar-refractivity contribution in [1.82, 2.24) is 0 Å². The van der Waals surface area contributed by atoms with Gasteiger partial charge in [0.1, 0.15) is 0 Å². The van der Waals surface area contributed by atoms with E-state index in [1.165, 1.54) is 0 Å². The van der Waals surface area contributed by atoms with Crippen LogP contribution in [-0.2, 0) is 14.6 Å². The number of rotatable bonds is 6. The third-order valence-electron chi connectivity index (χ3n) is 1.23. The molecule has 0 unspecified atom stereocenters. The predicted molar refractivity (Wildman–Crippen MR) is 65.6 cm³/mol. The highest BCUT2D eigenvalue weighted by atomic mass is 32.3. The number of unbranched alkanes of at least 4 members (excludes halogenated alkanes) is 3. The van der Waals surface area contributed by atoms with Crippen LogP contribution in [-0.4, -0.2) is 52.3 Å². The van der Waals surface area contributed by atoms with Gasteiger partial charge in [-0.15, -0.1) is 0 Å². The summed E-state index contributed by atoms with van der Waals surface area (Å²) >= 11 is 0. The second-order valence-corrected chi connectivity index (χ2v) is 6.08. The molecule has 0 saturated heterocycles. The molecule has 0 bridgehead atoms. The summed E-state index contributed by atoms with van der Waals surface area (Å²) in [5.74, 6) is 0. The fourth-order valence-electron chi connectivity index (χ4n) is 0.693. The fourth-order valence-corrected chi connectivity index (χ4v) is 1.02. The molecule has 0 atom stereocenters. The van der Waals surface area contributed by atoms with Crippen LogP contribution in [0, 0.1) is 0 Å². The second kappa shape index (κ2) is 8.92. The standard InChI is InChI=1S/C6H14O4S.C4H12N/c1-2-3-4-5-6-10-11(7,8)9;1-5(2,3)4/h2-6H2,1H3,(H,7,8,9);1-4H3/q;+1. The Morgan fingerprint density at radius 2 is 1.50 bits per heavy atom. The third-order valence-corrected chi connectivity index (χ3v) is 1.69. The largest absolute Gasteiger partial charge is 0.397 e. The van der Waals surface area contributed by atoms with Gasteiger partial charge >= 0.3 is 10.4 Å². The molecular formula is C10H26NO4S+. The van der Waals surface area contributed by atoms with Gasteiger partial charge in [0.2, 0.25) is 0 Å². The van der Waals surface area contributed by atoms with Gasteiger partial charge in [-0.1, -0.05) is 26.2 Å². The minimum Gasteiger partial charge on any atom is -0.333 e. The highest BCUT2D eigenvalue weighted by Crippen LogP contribution is 1.99. The Morgan fingerprint density at radius 1 is 1.06 bits per heavy atom. The van der Waals surface area contributed by atoms with Crippen molar-refractivity contribution in [1.29, 1.82) is 0 Å². The monoisotopic (exact) mass is 256 g/mol. The van der Waals surface area contributed by atoms with Crippen LogP contribution >= 0.6 is 0 Å². The topological polar surface area (TPSA) is 63.6 Å². The van der Waals surface area contributed by atoms with E-state index >= 15 is 0 Å². The lowest BCUT2D eigenvalue weighted by molar-refractivity contribution is -0.849. The molecule has 0 rings (SSSR count). The SMILES string of the molecule is CCCCCCOS(=O)(=O)O.C[N+](C)(C)C. The first kappa shape index (κ1) is 18.2. The van der Waals surface area contributed by atoms with Crippen molar-refractivity contribution in [3.63, 3.8) is 0 Å². The molecule has 1 N–H and O–H groups in total. The van der Waals surface area contributed by atoms with Crippen LogP contribution in [0.1, 0.15) is 32.6 Å². The Kier molecular flexibility index (Phi) is 10.2. The quantitative estimate of drug-likeness (QED) is 0.446. The molecule has 5 nitrogen and oxygen atoms in total. The van der Waals surface area contributed by atoms with Crippen LogP contribution in [0.25, 0.3) is 0 Å². The Bertz CT molecular complexity index is 238. The van der Waals surface area contributed by atoms with E-state index in [0.717, 1.165) is 23.7 Å². The number of nitrogens with zero attached hydrogens (tertiary/aromatic N) is 1. The molecule has 6 heteroatoms. The summed E-state index contributed by atoms with van der Waals surface area (Å²) in [5, 5.41) is 0. The van der Waals surface area contributed by atoms with Gasteiger partial charge in [0, 0.05) is 0 Å². The first-order chi connectivity index (χ1) is 7.06. The van der Waals surface area contributed by atoms with E-state index < -0.39 is 10.4 Å². The van der Waals surface area contributed by atoms with E-state index in [9.17, 15) is 8.42 Å². The van der Waals surface area contributed by atoms with Crippen LogP contribution in [0.4, 0.5) is 0 Å². The van der Waals surface area contributed by atoms with Crippen LogP contribution in [0.3, 0.4) is 0 Å². The molecule has 0 aliphatic rings. The molecule has 0 aliphatic heterocycles. The molecule has 0 aliphatic carbocycles. The lowest BCUT2D eigenvalue weighted by Crippen LogP contribution is -2.27. The van der Waals surface area contributed by atoms with Crippen molar-refractivity contribution in [3.05, 3.63) is 0 Å². The Labute approximate surface area is 100.0 Å². The Balaban J connectivity index is 0. The molecule has 0 saturated carbocycles. The average molecular weight is 256 g/mol. The normalized spacial score (nSPS) is 11.9. The Morgan fingerprint density at radius 3 is 1.81 bits per heavy atom. The van der Waals surface area contributed by atoms with Crippen molar-refractivity contribution in [2.45, 2.75) is 32.6 Å². The molecule has 0 radical (unpaired) electrons. The smallest absolute Gasteiger partial charge is 0.333 e. The number of hydrogen-bond donors (Lipinski definition) is 1. The molecule has 0 aromatic carbocycles. The minimum atomic E-state index is -4.21. The summed E-state index contributed by atoms with van der Waals surface area (Å²) in [6, 6.07) is 0. The van der Waals surface area contributed by atoms with Crippen molar-refractivity contribution < 1.29 is 21.6 Å². The van der Waals surface area contributed by atoms with Crippen molar-refractivity contribution >= 4 is 10.4 Å². The molecule has 0 amide bonds. The zero-order valence-corrected chi connectivity index (χ0v) is 11.9. The number of quaternary nitrogens is 1. The van der Waals surface area contributed by atoms with E-state index in [1.807, 2.05) is 0 Å².